The quantitative estimate of drug-likeness (QED) is 0.661. The van der Waals surface area contributed by atoms with Crippen molar-refractivity contribution in [3.05, 3.63) is 29.0 Å². The van der Waals surface area contributed by atoms with Gasteiger partial charge in [0.1, 0.15) is 0 Å². The second-order valence-corrected chi connectivity index (χ2v) is 4.98. The molecule has 0 aliphatic rings. The standard InChI is InChI=1S/C14H22ClN/c1-3-4-7-12(2)8-5-10-14-13(15)9-6-11-16-14/h6,9,11-12H,3-5,7-8,10H2,1-2H3. The summed E-state index contributed by atoms with van der Waals surface area (Å²) in [5.41, 5.74) is 1.05. The fraction of sp³-hybridized carbons (Fsp3) is 0.643. The Labute approximate surface area is 104 Å². The predicted molar refractivity (Wildman–Crippen MR) is 70.9 cm³/mol. The fourth-order valence-corrected chi connectivity index (χ4v) is 2.13. The minimum absolute atomic E-state index is 0.809. The summed E-state index contributed by atoms with van der Waals surface area (Å²) in [7, 11) is 0. The monoisotopic (exact) mass is 239 g/mol. The average molecular weight is 240 g/mol. The van der Waals surface area contributed by atoms with Gasteiger partial charge in [0.25, 0.3) is 0 Å². The van der Waals surface area contributed by atoms with Crippen LogP contribution in [0, 0.1) is 5.92 Å². The van der Waals surface area contributed by atoms with Crippen LogP contribution in [-0.2, 0) is 6.42 Å². The van der Waals surface area contributed by atoms with Gasteiger partial charge in [-0.3, -0.25) is 4.98 Å². The van der Waals surface area contributed by atoms with Crippen molar-refractivity contribution >= 4 is 11.6 Å². The van der Waals surface area contributed by atoms with E-state index in [1.165, 1.54) is 32.1 Å². The number of halogens is 1. The smallest absolute Gasteiger partial charge is 0.0621 e. The molecule has 1 atom stereocenters. The van der Waals surface area contributed by atoms with E-state index in [1.54, 1.807) is 0 Å². The Morgan fingerprint density at radius 2 is 2.06 bits per heavy atom. The van der Waals surface area contributed by atoms with E-state index in [9.17, 15) is 0 Å². The van der Waals surface area contributed by atoms with Gasteiger partial charge < -0.3 is 0 Å². The highest BCUT2D eigenvalue weighted by molar-refractivity contribution is 6.31. The Hall–Kier alpha value is -0.560. The molecule has 1 unspecified atom stereocenters. The molecule has 0 saturated carbocycles. The molecule has 0 bridgehead atoms. The van der Waals surface area contributed by atoms with E-state index >= 15 is 0 Å². The molecule has 0 amide bonds. The highest BCUT2D eigenvalue weighted by Crippen LogP contribution is 2.18. The van der Waals surface area contributed by atoms with E-state index < -0.39 is 0 Å². The van der Waals surface area contributed by atoms with Crippen molar-refractivity contribution in [3.8, 4) is 0 Å². The van der Waals surface area contributed by atoms with Crippen molar-refractivity contribution in [3.63, 3.8) is 0 Å². The third kappa shape index (κ3) is 4.98. The van der Waals surface area contributed by atoms with E-state index in [4.69, 9.17) is 11.6 Å². The van der Waals surface area contributed by atoms with Gasteiger partial charge in [0.15, 0.2) is 0 Å². The zero-order valence-electron chi connectivity index (χ0n) is 10.4. The maximum Gasteiger partial charge on any atom is 0.0621 e. The zero-order valence-corrected chi connectivity index (χ0v) is 11.1. The van der Waals surface area contributed by atoms with Crippen LogP contribution in [0.25, 0.3) is 0 Å². The van der Waals surface area contributed by atoms with Crippen LogP contribution in [0.2, 0.25) is 5.02 Å². The number of nitrogens with zero attached hydrogens (tertiary/aromatic N) is 1. The van der Waals surface area contributed by atoms with Gasteiger partial charge in [0.05, 0.1) is 10.7 Å². The molecule has 1 rings (SSSR count). The summed E-state index contributed by atoms with van der Waals surface area (Å²) >= 11 is 6.06. The second-order valence-electron chi connectivity index (χ2n) is 4.57. The van der Waals surface area contributed by atoms with Crippen LogP contribution in [-0.4, -0.2) is 4.98 Å². The number of aromatic nitrogens is 1. The molecule has 2 heteroatoms. The summed E-state index contributed by atoms with van der Waals surface area (Å²) in [5, 5.41) is 0.809. The summed E-state index contributed by atoms with van der Waals surface area (Å²) in [5.74, 6) is 0.836. The normalized spacial score (nSPS) is 12.7. The lowest BCUT2D eigenvalue weighted by atomic mass is 9.97. The maximum absolute atomic E-state index is 6.06. The lowest BCUT2D eigenvalue weighted by molar-refractivity contribution is 0.456. The Morgan fingerprint density at radius 3 is 2.75 bits per heavy atom. The summed E-state index contributed by atoms with van der Waals surface area (Å²) in [6.45, 7) is 4.59. The Kier molecular flexibility index (Phi) is 6.47. The van der Waals surface area contributed by atoms with Gasteiger partial charge in [-0.15, -0.1) is 0 Å². The molecule has 0 saturated heterocycles. The predicted octanol–water partition coefficient (Wildman–Crippen LogP) is 4.88. The lowest BCUT2D eigenvalue weighted by Crippen LogP contribution is -1.97. The van der Waals surface area contributed by atoms with Crippen LogP contribution in [0.1, 0.15) is 51.6 Å². The maximum atomic E-state index is 6.06. The molecule has 1 aromatic rings. The molecule has 16 heavy (non-hydrogen) atoms. The highest BCUT2D eigenvalue weighted by Gasteiger charge is 2.04. The molecule has 0 N–H and O–H groups in total. The molecular formula is C14H22ClN. The molecule has 0 aliphatic carbocycles. The van der Waals surface area contributed by atoms with Gasteiger partial charge >= 0.3 is 0 Å². The van der Waals surface area contributed by atoms with E-state index in [-0.39, 0.29) is 0 Å². The first kappa shape index (κ1) is 13.5. The van der Waals surface area contributed by atoms with E-state index in [2.05, 4.69) is 18.8 Å². The van der Waals surface area contributed by atoms with Gasteiger partial charge in [-0.25, -0.2) is 0 Å². The molecule has 1 heterocycles. The number of hydrogen-bond acceptors (Lipinski definition) is 1. The summed E-state index contributed by atoms with van der Waals surface area (Å²) in [6, 6.07) is 3.81. The molecule has 0 fully saturated rings. The van der Waals surface area contributed by atoms with Crippen LogP contribution in [0.15, 0.2) is 18.3 Å². The molecule has 0 aromatic carbocycles. The highest BCUT2D eigenvalue weighted by atomic mass is 35.5. The molecule has 1 nitrogen and oxygen atoms in total. The third-order valence-electron chi connectivity index (χ3n) is 3.00. The molecule has 0 radical (unpaired) electrons. The van der Waals surface area contributed by atoms with Gasteiger partial charge in [-0.2, -0.15) is 0 Å². The molecule has 0 aliphatic heterocycles. The SMILES string of the molecule is CCCCC(C)CCCc1ncccc1Cl. The van der Waals surface area contributed by atoms with Crippen LogP contribution in [0.3, 0.4) is 0 Å². The van der Waals surface area contributed by atoms with Crippen LogP contribution in [0.5, 0.6) is 0 Å². The first-order valence-corrected chi connectivity index (χ1v) is 6.71. The summed E-state index contributed by atoms with van der Waals surface area (Å²) in [6.07, 6.45) is 9.32. The first-order chi connectivity index (χ1) is 7.74. The minimum Gasteiger partial charge on any atom is -0.260 e. The Morgan fingerprint density at radius 1 is 1.31 bits per heavy atom. The Bertz CT molecular complexity index is 299. The van der Waals surface area contributed by atoms with Gasteiger partial charge in [-0.1, -0.05) is 51.1 Å². The van der Waals surface area contributed by atoms with Crippen molar-refractivity contribution in [1.29, 1.82) is 0 Å². The Balaban J connectivity index is 2.23. The van der Waals surface area contributed by atoms with Gasteiger partial charge in [0.2, 0.25) is 0 Å². The summed E-state index contributed by atoms with van der Waals surface area (Å²) in [4.78, 5) is 4.31. The molecule has 90 valence electrons. The fourth-order valence-electron chi connectivity index (χ4n) is 1.92. The van der Waals surface area contributed by atoms with Gasteiger partial charge in [0, 0.05) is 6.20 Å². The largest absolute Gasteiger partial charge is 0.260 e. The number of rotatable bonds is 7. The number of aryl methyl sites for hydroxylation is 1. The lowest BCUT2D eigenvalue weighted by Gasteiger charge is -2.10. The zero-order chi connectivity index (χ0) is 11.8. The summed E-state index contributed by atoms with van der Waals surface area (Å²) < 4.78 is 0. The van der Waals surface area contributed by atoms with Crippen LogP contribution in [0.4, 0.5) is 0 Å². The van der Waals surface area contributed by atoms with E-state index in [0.29, 0.717) is 0 Å². The molecule has 1 aromatic heterocycles. The van der Waals surface area contributed by atoms with Gasteiger partial charge in [-0.05, 0) is 30.9 Å². The van der Waals surface area contributed by atoms with Crippen LogP contribution < -0.4 is 0 Å². The number of hydrogen-bond donors (Lipinski definition) is 0. The third-order valence-corrected chi connectivity index (χ3v) is 3.34. The first-order valence-electron chi connectivity index (χ1n) is 6.33. The van der Waals surface area contributed by atoms with Crippen molar-refractivity contribution < 1.29 is 0 Å². The molecule has 0 spiro atoms. The number of unbranched alkanes of at least 4 members (excludes halogenated alkanes) is 1. The van der Waals surface area contributed by atoms with E-state index in [0.717, 1.165) is 23.1 Å². The van der Waals surface area contributed by atoms with Crippen LogP contribution >= 0.6 is 11.6 Å². The van der Waals surface area contributed by atoms with Crippen molar-refractivity contribution in [2.24, 2.45) is 5.92 Å². The van der Waals surface area contributed by atoms with Crippen molar-refractivity contribution in [1.82, 2.24) is 4.98 Å². The van der Waals surface area contributed by atoms with E-state index in [1.807, 2.05) is 18.3 Å². The number of pyridine rings is 1. The van der Waals surface area contributed by atoms with Crippen molar-refractivity contribution in [2.75, 3.05) is 0 Å². The average Bonchev–Trinajstić information content (AvgIpc) is 2.29. The van der Waals surface area contributed by atoms with Crippen molar-refractivity contribution in [2.45, 2.75) is 52.4 Å². The molecular weight excluding hydrogens is 218 g/mol. The minimum atomic E-state index is 0.809. The topological polar surface area (TPSA) is 12.9 Å². The second kappa shape index (κ2) is 7.67.